The highest BCUT2D eigenvalue weighted by Crippen LogP contribution is 2.24. The minimum absolute atomic E-state index is 0.0241. The SMILES string of the molecule is COc1ccc(CCC(N)c2c(Br)cnn2C)cc1. The molecule has 0 saturated heterocycles. The maximum atomic E-state index is 6.23. The maximum absolute atomic E-state index is 6.23. The Kier molecular flexibility index (Phi) is 4.61. The summed E-state index contributed by atoms with van der Waals surface area (Å²) in [5.41, 5.74) is 8.52. The van der Waals surface area contributed by atoms with E-state index in [1.807, 2.05) is 23.9 Å². The highest BCUT2D eigenvalue weighted by Gasteiger charge is 2.14. The topological polar surface area (TPSA) is 53.1 Å². The summed E-state index contributed by atoms with van der Waals surface area (Å²) in [7, 11) is 3.58. The largest absolute Gasteiger partial charge is 0.497 e. The van der Waals surface area contributed by atoms with Gasteiger partial charge in [0.05, 0.1) is 23.5 Å². The lowest BCUT2D eigenvalue weighted by Crippen LogP contribution is -2.16. The zero-order chi connectivity index (χ0) is 13.8. The van der Waals surface area contributed by atoms with Gasteiger partial charge in [-0.25, -0.2) is 0 Å². The molecule has 2 N–H and O–H groups in total. The van der Waals surface area contributed by atoms with Gasteiger partial charge in [-0.3, -0.25) is 4.68 Å². The summed E-state index contributed by atoms with van der Waals surface area (Å²) in [6, 6.07) is 8.07. The summed E-state index contributed by atoms with van der Waals surface area (Å²) in [6.45, 7) is 0. The van der Waals surface area contributed by atoms with E-state index in [1.165, 1.54) is 5.56 Å². The van der Waals surface area contributed by atoms with Crippen LogP contribution in [0.5, 0.6) is 5.75 Å². The minimum Gasteiger partial charge on any atom is -0.497 e. The normalized spacial score (nSPS) is 12.4. The Morgan fingerprint density at radius 1 is 1.37 bits per heavy atom. The monoisotopic (exact) mass is 323 g/mol. The van der Waals surface area contributed by atoms with Crippen molar-refractivity contribution in [2.45, 2.75) is 18.9 Å². The van der Waals surface area contributed by atoms with Gasteiger partial charge in [-0.1, -0.05) is 12.1 Å². The molecule has 0 fully saturated rings. The first-order valence-electron chi connectivity index (χ1n) is 6.17. The van der Waals surface area contributed by atoms with Crippen LogP contribution in [0.3, 0.4) is 0 Å². The van der Waals surface area contributed by atoms with Crippen LogP contribution >= 0.6 is 15.9 Å². The summed E-state index contributed by atoms with van der Waals surface area (Å²) in [4.78, 5) is 0. The molecule has 1 aromatic heterocycles. The van der Waals surface area contributed by atoms with Crippen LogP contribution in [-0.4, -0.2) is 16.9 Å². The number of hydrogen-bond acceptors (Lipinski definition) is 3. The van der Waals surface area contributed by atoms with E-state index in [2.05, 4.69) is 33.2 Å². The van der Waals surface area contributed by atoms with Gasteiger partial charge in [0.15, 0.2) is 0 Å². The van der Waals surface area contributed by atoms with Crippen LogP contribution in [0.2, 0.25) is 0 Å². The van der Waals surface area contributed by atoms with E-state index >= 15 is 0 Å². The minimum atomic E-state index is -0.0241. The molecule has 1 aromatic carbocycles. The smallest absolute Gasteiger partial charge is 0.118 e. The Morgan fingerprint density at radius 2 is 2.05 bits per heavy atom. The summed E-state index contributed by atoms with van der Waals surface area (Å²) >= 11 is 3.48. The maximum Gasteiger partial charge on any atom is 0.118 e. The number of aromatic nitrogens is 2. The van der Waals surface area contributed by atoms with Crippen molar-refractivity contribution in [3.8, 4) is 5.75 Å². The van der Waals surface area contributed by atoms with E-state index in [4.69, 9.17) is 10.5 Å². The molecule has 0 aliphatic carbocycles. The van der Waals surface area contributed by atoms with Gasteiger partial charge >= 0.3 is 0 Å². The van der Waals surface area contributed by atoms with E-state index < -0.39 is 0 Å². The second-order valence-electron chi connectivity index (χ2n) is 4.49. The zero-order valence-corrected chi connectivity index (χ0v) is 12.7. The molecule has 2 aromatic rings. The molecule has 2 rings (SSSR count). The third-order valence-electron chi connectivity index (χ3n) is 3.19. The molecule has 1 unspecified atom stereocenters. The van der Waals surface area contributed by atoms with Crippen LogP contribution in [0, 0.1) is 0 Å². The van der Waals surface area contributed by atoms with Crippen LogP contribution in [0.25, 0.3) is 0 Å². The first-order chi connectivity index (χ1) is 9.11. The van der Waals surface area contributed by atoms with Crippen molar-refractivity contribution >= 4 is 15.9 Å². The standard InChI is InChI=1S/C14H18BrN3O/c1-18-14(12(15)9-17-18)13(16)8-5-10-3-6-11(19-2)7-4-10/h3-4,6-7,9,13H,5,8,16H2,1-2H3. The first-order valence-corrected chi connectivity index (χ1v) is 6.97. The molecule has 0 saturated carbocycles. The van der Waals surface area contributed by atoms with Crippen LogP contribution in [0.4, 0.5) is 0 Å². The van der Waals surface area contributed by atoms with E-state index in [9.17, 15) is 0 Å². The molecule has 1 atom stereocenters. The van der Waals surface area contributed by atoms with Gasteiger partial charge in [0, 0.05) is 13.1 Å². The van der Waals surface area contributed by atoms with Crippen molar-refractivity contribution in [3.05, 3.63) is 46.2 Å². The third-order valence-corrected chi connectivity index (χ3v) is 3.80. The third kappa shape index (κ3) is 3.36. The summed E-state index contributed by atoms with van der Waals surface area (Å²) in [6.07, 6.45) is 3.59. The molecule has 1 heterocycles. The summed E-state index contributed by atoms with van der Waals surface area (Å²) in [5, 5.41) is 4.19. The van der Waals surface area contributed by atoms with Crippen LogP contribution < -0.4 is 10.5 Å². The highest BCUT2D eigenvalue weighted by atomic mass is 79.9. The number of nitrogens with zero attached hydrogens (tertiary/aromatic N) is 2. The highest BCUT2D eigenvalue weighted by molar-refractivity contribution is 9.10. The molecular formula is C14H18BrN3O. The molecular weight excluding hydrogens is 306 g/mol. The molecule has 0 amide bonds. The molecule has 19 heavy (non-hydrogen) atoms. The van der Waals surface area contributed by atoms with Crippen molar-refractivity contribution in [2.24, 2.45) is 12.8 Å². The molecule has 0 bridgehead atoms. The fourth-order valence-corrected chi connectivity index (χ4v) is 2.73. The average Bonchev–Trinajstić information content (AvgIpc) is 2.76. The Balaban J connectivity index is 1.98. The summed E-state index contributed by atoms with van der Waals surface area (Å²) < 4.78 is 7.93. The number of benzene rings is 1. The van der Waals surface area contributed by atoms with E-state index in [-0.39, 0.29) is 6.04 Å². The van der Waals surface area contributed by atoms with Crippen molar-refractivity contribution in [3.63, 3.8) is 0 Å². The van der Waals surface area contributed by atoms with Crippen molar-refractivity contribution in [1.82, 2.24) is 9.78 Å². The molecule has 4 nitrogen and oxygen atoms in total. The van der Waals surface area contributed by atoms with Gasteiger partial charge in [-0.05, 0) is 46.5 Å². The molecule has 5 heteroatoms. The second kappa shape index (κ2) is 6.21. The van der Waals surface area contributed by atoms with E-state index in [1.54, 1.807) is 13.3 Å². The van der Waals surface area contributed by atoms with Gasteiger partial charge in [0.25, 0.3) is 0 Å². The van der Waals surface area contributed by atoms with Crippen LogP contribution in [0.1, 0.15) is 23.7 Å². The number of aryl methyl sites for hydroxylation is 2. The number of ether oxygens (including phenoxy) is 1. The van der Waals surface area contributed by atoms with Gasteiger partial charge in [0.2, 0.25) is 0 Å². The van der Waals surface area contributed by atoms with Gasteiger partial charge in [-0.15, -0.1) is 0 Å². The van der Waals surface area contributed by atoms with Gasteiger partial charge < -0.3 is 10.5 Å². The first kappa shape index (κ1) is 14.1. The predicted octanol–water partition coefficient (Wildman–Crippen LogP) is 2.82. The van der Waals surface area contributed by atoms with E-state index in [0.29, 0.717) is 0 Å². The lowest BCUT2D eigenvalue weighted by atomic mass is 10.0. The number of methoxy groups -OCH3 is 1. The second-order valence-corrected chi connectivity index (χ2v) is 5.35. The Hall–Kier alpha value is -1.33. The molecule has 0 spiro atoms. The van der Waals surface area contributed by atoms with E-state index in [0.717, 1.165) is 28.8 Å². The fourth-order valence-electron chi connectivity index (χ4n) is 2.09. The van der Waals surface area contributed by atoms with Gasteiger partial charge in [-0.2, -0.15) is 5.10 Å². The van der Waals surface area contributed by atoms with Crippen molar-refractivity contribution in [1.29, 1.82) is 0 Å². The molecule has 0 aliphatic rings. The number of rotatable bonds is 5. The summed E-state index contributed by atoms with van der Waals surface area (Å²) in [5.74, 6) is 0.877. The number of hydrogen-bond donors (Lipinski definition) is 1. The average molecular weight is 324 g/mol. The van der Waals surface area contributed by atoms with Crippen molar-refractivity contribution in [2.75, 3.05) is 7.11 Å². The van der Waals surface area contributed by atoms with Crippen molar-refractivity contribution < 1.29 is 4.74 Å². The molecule has 0 aliphatic heterocycles. The zero-order valence-electron chi connectivity index (χ0n) is 11.1. The lowest BCUT2D eigenvalue weighted by Gasteiger charge is -2.13. The number of halogens is 1. The quantitative estimate of drug-likeness (QED) is 0.920. The van der Waals surface area contributed by atoms with Gasteiger partial charge in [0.1, 0.15) is 5.75 Å². The van der Waals surface area contributed by atoms with Crippen LogP contribution in [0.15, 0.2) is 34.9 Å². The molecule has 102 valence electrons. The lowest BCUT2D eigenvalue weighted by molar-refractivity contribution is 0.414. The Morgan fingerprint density at radius 3 is 2.58 bits per heavy atom. The fraction of sp³-hybridized carbons (Fsp3) is 0.357. The predicted molar refractivity (Wildman–Crippen MR) is 79.2 cm³/mol. The molecule has 0 radical (unpaired) electrons. The number of nitrogens with two attached hydrogens (primary N) is 1. The Labute approximate surface area is 121 Å². The Bertz CT molecular complexity index is 517. The van der Waals surface area contributed by atoms with Crippen LogP contribution in [-0.2, 0) is 13.5 Å².